The zero-order valence-corrected chi connectivity index (χ0v) is 13.5. The van der Waals surface area contributed by atoms with Crippen LogP contribution in [0.2, 0.25) is 0 Å². The van der Waals surface area contributed by atoms with Crippen molar-refractivity contribution in [2.24, 2.45) is 0 Å². The molecule has 0 saturated heterocycles. The highest BCUT2D eigenvalue weighted by molar-refractivity contribution is 5.90. The molecule has 6 nitrogen and oxygen atoms in total. The molecule has 1 saturated carbocycles. The third kappa shape index (κ3) is 4.32. The van der Waals surface area contributed by atoms with Gasteiger partial charge in [0.1, 0.15) is 18.1 Å². The average molecular weight is 316 g/mol. The number of hydrogen-bond donors (Lipinski definition) is 2. The summed E-state index contributed by atoms with van der Waals surface area (Å²) in [6, 6.07) is 10.3. The topological polar surface area (TPSA) is 68.8 Å². The molecule has 0 radical (unpaired) electrons. The lowest BCUT2D eigenvalue weighted by atomic mass is 10.2. The maximum Gasteiger partial charge on any atom is 0.280 e. The molecule has 1 aliphatic rings. The summed E-state index contributed by atoms with van der Waals surface area (Å²) < 4.78 is 10.1. The number of benzene rings is 1. The molecular formula is C17H22N3O3+. The highest BCUT2D eigenvalue weighted by atomic mass is 16.5. The molecule has 1 fully saturated rings. The number of quaternary nitrogens is 1. The average Bonchev–Trinajstić information content (AvgIpc) is 3.31. The molecule has 0 aliphatic heterocycles. The van der Waals surface area contributed by atoms with Crippen LogP contribution in [0.1, 0.15) is 24.2 Å². The molecule has 0 bridgehead atoms. The molecule has 0 spiro atoms. The second kappa shape index (κ2) is 6.83. The zero-order valence-electron chi connectivity index (χ0n) is 13.5. The first-order valence-electron chi connectivity index (χ1n) is 7.84. The summed E-state index contributed by atoms with van der Waals surface area (Å²) in [5.74, 6) is 1.98. The van der Waals surface area contributed by atoms with Gasteiger partial charge in [-0.25, -0.2) is 0 Å². The van der Waals surface area contributed by atoms with E-state index in [9.17, 15) is 4.79 Å². The van der Waals surface area contributed by atoms with Crippen molar-refractivity contribution in [3.05, 3.63) is 41.7 Å². The van der Waals surface area contributed by atoms with Gasteiger partial charge in [-0.1, -0.05) is 5.16 Å². The van der Waals surface area contributed by atoms with Gasteiger partial charge in [0.05, 0.1) is 13.2 Å². The van der Waals surface area contributed by atoms with Crippen molar-refractivity contribution in [2.75, 3.05) is 19.0 Å². The fourth-order valence-electron chi connectivity index (χ4n) is 2.67. The smallest absolute Gasteiger partial charge is 0.280 e. The maximum absolute atomic E-state index is 12.2. The molecule has 1 aliphatic carbocycles. The molecule has 2 N–H and O–H groups in total. The molecule has 6 heteroatoms. The summed E-state index contributed by atoms with van der Waals surface area (Å²) in [5, 5.41) is 6.59. The molecule has 1 atom stereocenters. The lowest BCUT2D eigenvalue weighted by Crippen LogP contribution is -3.13. The van der Waals surface area contributed by atoms with Gasteiger partial charge in [-0.15, -0.1) is 0 Å². The Labute approximate surface area is 135 Å². The van der Waals surface area contributed by atoms with E-state index in [2.05, 4.69) is 22.6 Å². The Hall–Kier alpha value is -2.34. The van der Waals surface area contributed by atoms with Gasteiger partial charge in [0.25, 0.3) is 5.91 Å². The van der Waals surface area contributed by atoms with Gasteiger partial charge in [-0.2, -0.15) is 0 Å². The quantitative estimate of drug-likeness (QED) is 0.805. The molecule has 1 aromatic heterocycles. The van der Waals surface area contributed by atoms with Crippen molar-refractivity contribution in [1.82, 2.24) is 5.16 Å². The minimum absolute atomic E-state index is 0.0336. The Bertz CT molecular complexity index is 662. The van der Waals surface area contributed by atoms with Gasteiger partial charge >= 0.3 is 0 Å². The molecule has 1 heterocycles. The number of carbonyl (C=O) groups excluding carboxylic acids is 1. The maximum atomic E-state index is 12.2. The number of nitrogens with zero attached hydrogens (tertiary/aromatic N) is 1. The largest absolute Gasteiger partial charge is 0.497 e. The molecule has 3 rings (SSSR count). The van der Waals surface area contributed by atoms with Crippen LogP contribution >= 0.6 is 0 Å². The Morgan fingerprint density at radius 2 is 2.13 bits per heavy atom. The minimum Gasteiger partial charge on any atom is -0.497 e. The Morgan fingerprint density at radius 1 is 1.39 bits per heavy atom. The van der Waals surface area contributed by atoms with Crippen LogP contribution in [0.25, 0.3) is 0 Å². The van der Waals surface area contributed by atoms with Gasteiger partial charge in [0, 0.05) is 24.5 Å². The molecule has 1 unspecified atom stereocenters. The van der Waals surface area contributed by atoms with E-state index in [1.165, 1.54) is 23.3 Å². The lowest BCUT2D eigenvalue weighted by molar-refractivity contribution is -0.916. The number of nitrogens with one attached hydrogen (secondary N) is 2. The van der Waals surface area contributed by atoms with E-state index in [0.29, 0.717) is 24.2 Å². The number of anilines is 1. The van der Waals surface area contributed by atoms with E-state index >= 15 is 0 Å². The number of methoxy groups -OCH3 is 1. The van der Waals surface area contributed by atoms with Gasteiger partial charge in [-0.05, 0) is 31.2 Å². The molecule has 1 aromatic carbocycles. The molecular weight excluding hydrogens is 294 g/mol. The van der Waals surface area contributed by atoms with Crippen LogP contribution in [0.15, 0.2) is 34.9 Å². The zero-order chi connectivity index (χ0) is 16.2. The highest BCUT2D eigenvalue weighted by Crippen LogP contribution is 2.16. The second-order valence-electron chi connectivity index (χ2n) is 6.01. The summed E-state index contributed by atoms with van der Waals surface area (Å²) in [6.07, 6.45) is 2.36. The lowest BCUT2D eigenvalue weighted by Gasteiger charge is -2.18. The first-order valence-corrected chi connectivity index (χ1v) is 7.84. The predicted octanol–water partition coefficient (Wildman–Crippen LogP) is 1.18. The van der Waals surface area contributed by atoms with E-state index < -0.39 is 0 Å². The van der Waals surface area contributed by atoms with Crippen LogP contribution in [-0.4, -0.2) is 30.8 Å². The summed E-state index contributed by atoms with van der Waals surface area (Å²) in [4.78, 5) is 13.5. The minimum atomic E-state index is -0.0336. The van der Waals surface area contributed by atoms with Crippen LogP contribution < -0.4 is 15.0 Å². The second-order valence-corrected chi connectivity index (χ2v) is 6.01. The molecule has 2 aromatic rings. The van der Waals surface area contributed by atoms with Crippen molar-refractivity contribution in [1.29, 1.82) is 0 Å². The van der Waals surface area contributed by atoms with E-state index in [1.807, 2.05) is 12.1 Å². The van der Waals surface area contributed by atoms with E-state index in [4.69, 9.17) is 9.26 Å². The van der Waals surface area contributed by atoms with Crippen LogP contribution in [0, 0.1) is 6.92 Å². The number of carbonyl (C=O) groups is 1. The SMILES string of the molecule is COc1ccc(C[NH+](CC(=O)Nc2cc(C)on2)C2CC2)cc1. The first kappa shape index (κ1) is 15.6. The van der Waals surface area contributed by atoms with Crippen LogP contribution in [0.4, 0.5) is 5.82 Å². The van der Waals surface area contributed by atoms with Crippen LogP contribution in [0.5, 0.6) is 5.75 Å². The van der Waals surface area contributed by atoms with Crippen molar-refractivity contribution in [3.8, 4) is 5.75 Å². The van der Waals surface area contributed by atoms with Crippen molar-refractivity contribution in [2.45, 2.75) is 32.4 Å². The van der Waals surface area contributed by atoms with Gasteiger partial charge in [0.15, 0.2) is 12.4 Å². The third-order valence-electron chi connectivity index (χ3n) is 4.03. The number of ether oxygens (including phenoxy) is 1. The standard InChI is InChI=1S/C17H21N3O3/c1-12-9-16(19-23-12)18-17(21)11-20(14-5-6-14)10-13-3-7-15(22-2)8-4-13/h3-4,7-9,14H,5-6,10-11H2,1-2H3,(H,18,19,21)/p+1. The van der Waals surface area contributed by atoms with E-state index in [-0.39, 0.29) is 5.91 Å². The molecule has 23 heavy (non-hydrogen) atoms. The molecule has 122 valence electrons. The number of rotatable bonds is 7. The van der Waals surface area contributed by atoms with Crippen molar-refractivity contribution < 1.29 is 19.0 Å². The van der Waals surface area contributed by atoms with E-state index in [1.54, 1.807) is 20.1 Å². The summed E-state index contributed by atoms with van der Waals surface area (Å²) in [5.41, 5.74) is 1.21. The Balaban J connectivity index is 1.58. The number of aryl methyl sites for hydroxylation is 1. The van der Waals surface area contributed by atoms with Crippen LogP contribution in [-0.2, 0) is 11.3 Å². The summed E-state index contributed by atoms with van der Waals surface area (Å²) >= 11 is 0. The third-order valence-corrected chi connectivity index (χ3v) is 4.03. The van der Waals surface area contributed by atoms with Gasteiger partial charge in [0.2, 0.25) is 0 Å². The van der Waals surface area contributed by atoms with E-state index in [0.717, 1.165) is 12.3 Å². The normalized spacial score (nSPS) is 15.2. The van der Waals surface area contributed by atoms with Crippen molar-refractivity contribution >= 4 is 11.7 Å². The number of amides is 1. The van der Waals surface area contributed by atoms with Crippen molar-refractivity contribution in [3.63, 3.8) is 0 Å². The monoisotopic (exact) mass is 316 g/mol. The summed E-state index contributed by atoms with van der Waals surface area (Å²) in [6.45, 7) is 3.07. The van der Waals surface area contributed by atoms with Gasteiger partial charge < -0.3 is 19.5 Å². The highest BCUT2D eigenvalue weighted by Gasteiger charge is 2.34. The van der Waals surface area contributed by atoms with Gasteiger partial charge in [-0.3, -0.25) is 4.79 Å². The fraction of sp³-hybridized carbons (Fsp3) is 0.412. The number of aromatic nitrogens is 1. The Morgan fingerprint density at radius 3 is 2.70 bits per heavy atom. The number of hydrogen-bond acceptors (Lipinski definition) is 4. The summed E-state index contributed by atoms with van der Waals surface area (Å²) in [7, 11) is 1.66. The molecule has 1 amide bonds. The first-order chi connectivity index (χ1) is 11.1. The Kier molecular flexibility index (Phi) is 4.62. The fourth-order valence-corrected chi connectivity index (χ4v) is 2.67. The predicted molar refractivity (Wildman–Crippen MR) is 85.4 cm³/mol. The van der Waals surface area contributed by atoms with Crippen LogP contribution in [0.3, 0.4) is 0 Å².